The summed E-state index contributed by atoms with van der Waals surface area (Å²) in [6, 6.07) is 3.55. The minimum Gasteiger partial charge on any atom is -0.314 e. The van der Waals surface area contributed by atoms with Crippen LogP contribution in [0.2, 0.25) is 0 Å². The average molecular weight is 275 g/mol. The second kappa shape index (κ2) is 6.75. The van der Waals surface area contributed by atoms with Crippen LogP contribution in [0.15, 0.2) is 12.3 Å². The van der Waals surface area contributed by atoms with E-state index in [9.17, 15) is 0 Å². The van der Waals surface area contributed by atoms with Crippen molar-refractivity contribution in [1.82, 2.24) is 15.1 Å². The van der Waals surface area contributed by atoms with E-state index in [1.165, 1.54) is 57.1 Å². The third-order valence-electron chi connectivity index (χ3n) is 4.82. The van der Waals surface area contributed by atoms with Gasteiger partial charge in [-0.25, -0.2) is 0 Å². The lowest BCUT2D eigenvalue weighted by molar-refractivity contribution is 0.436. The molecule has 1 heterocycles. The van der Waals surface area contributed by atoms with E-state index in [0.29, 0.717) is 12.1 Å². The highest BCUT2D eigenvalue weighted by Crippen LogP contribution is 2.34. The van der Waals surface area contributed by atoms with E-state index in [0.717, 1.165) is 18.9 Å². The molecule has 0 amide bonds. The lowest BCUT2D eigenvalue weighted by Crippen LogP contribution is -2.32. The molecule has 2 aliphatic rings. The van der Waals surface area contributed by atoms with E-state index < -0.39 is 0 Å². The molecule has 1 N–H and O–H groups in total. The maximum absolute atomic E-state index is 4.84. The Balaban J connectivity index is 1.55. The number of nitrogens with zero attached hydrogens (tertiary/aromatic N) is 2. The van der Waals surface area contributed by atoms with E-state index in [-0.39, 0.29) is 0 Å². The van der Waals surface area contributed by atoms with Crippen molar-refractivity contribution < 1.29 is 0 Å². The summed E-state index contributed by atoms with van der Waals surface area (Å²) in [6.45, 7) is 3.39. The molecule has 1 aromatic heterocycles. The first-order valence-electron chi connectivity index (χ1n) is 8.62. The van der Waals surface area contributed by atoms with Crippen molar-refractivity contribution in [3.63, 3.8) is 0 Å². The zero-order valence-corrected chi connectivity index (χ0v) is 12.9. The van der Waals surface area contributed by atoms with E-state index in [1.54, 1.807) is 0 Å². The van der Waals surface area contributed by atoms with Crippen molar-refractivity contribution in [3.8, 4) is 0 Å². The largest absolute Gasteiger partial charge is 0.314 e. The van der Waals surface area contributed by atoms with Gasteiger partial charge in [-0.3, -0.25) is 4.68 Å². The fourth-order valence-electron chi connectivity index (χ4n) is 3.45. The van der Waals surface area contributed by atoms with E-state index >= 15 is 0 Å². The normalized spacial score (nSPS) is 21.4. The SMILES string of the molecule is CCCNC(Cc1ccn(C2CCCC2)n1)CC1CC1. The van der Waals surface area contributed by atoms with Crippen molar-refractivity contribution in [2.45, 2.75) is 76.8 Å². The Hall–Kier alpha value is -0.830. The summed E-state index contributed by atoms with van der Waals surface area (Å²) in [7, 11) is 0. The topological polar surface area (TPSA) is 29.9 Å². The number of hydrogen-bond donors (Lipinski definition) is 1. The summed E-state index contributed by atoms with van der Waals surface area (Å²) in [6.07, 6.45) is 14.2. The van der Waals surface area contributed by atoms with Gasteiger partial charge in [0.25, 0.3) is 0 Å². The van der Waals surface area contributed by atoms with Crippen LogP contribution in [0.5, 0.6) is 0 Å². The lowest BCUT2D eigenvalue weighted by atomic mass is 10.0. The molecule has 20 heavy (non-hydrogen) atoms. The third kappa shape index (κ3) is 3.85. The molecule has 0 saturated heterocycles. The lowest BCUT2D eigenvalue weighted by Gasteiger charge is -2.17. The molecule has 2 aliphatic carbocycles. The fraction of sp³-hybridized carbons (Fsp3) is 0.824. The van der Waals surface area contributed by atoms with Crippen LogP contribution in [0.1, 0.15) is 70.0 Å². The summed E-state index contributed by atoms with van der Waals surface area (Å²) < 4.78 is 2.23. The van der Waals surface area contributed by atoms with Gasteiger partial charge in [0.1, 0.15) is 0 Å². The summed E-state index contributed by atoms with van der Waals surface area (Å²) >= 11 is 0. The Kier molecular flexibility index (Phi) is 4.77. The first-order chi connectivity index (χ1) is 9.85. The van der Waals surface area contributed by atoms with Gasteiger partial charge < -0.3 is 5.32 Å². The standard InChI is InChI=1S/C17H29N3/c1-2-10-18-16(12-14-7-8-14)13-15-9-11-20(19-15)17-5-3-4-6-17/h9,11,14,16-18H,2-8,10,12-13H2,1H3. The van der Waals surface area contributed by atoms with Gasteiger partial charge in [0.2, 0.25) is 0 Å². The molecule has 0 radical (unpaired) electrons. The number of nitrogens with one attached hydrogen (secondary N) is 1. The van der Waals surface area contributed by atoms with E-state index in [1.807, 2.05) is 0 Å². The van der Waals surface area contributed by atoms with Gasteiger partial charge in [0, 0.05) is 18.7 Å². The van der Waals surface area contributed by atoms with Crippen molar-refractivity contribution in [3.05, 3.63) is 18.0 Å². The quantitative estimate of drug-likeness (QED) is 0.784. The van der Waals surface area contributed by atoms with E-state index in [2.05, 4.69) is 29.2 Å². The number of rotatable bonds is 8. The van der Waals surface area contributed by atoms with Crippen LogP contribution in [0.3, 0.4) is 0 Å². The summed E-state index contributed by atoms with van der Waals surface area (Å²) in [5.74, 6) is 0.987. The molecule has 0 aliphatic heterocycles. The Morgan fingerprint density at radius 3 is 2.80 bits per heavy atom. The van der Waals surface area contributed by atoms with Gasteiger partial charge in [0.15, 0.2) is 0 Å². The van der Waals surface area contributed by atoms with Crippen LogP contribution in [0.4, 0.5) is 0 Å². The average Bonchev–Trinajstić information content (AvgIpc) is 2.95. The third-order valence-corrected chi connectivity index (χ3v) is 4.82. The fourth-order valence-corrected chi connectivity index (χ4v) is 3.45. The summed E-state index contributed by atoms with van der Waals surface area (Å²) in [5.41, 5.74) is 1.28. The zero-order chi connectivity index (χ0) is 13.8. The van der Waals surface area contributed by atoms with Crippen LogP contribution in [0.25, 0.3) is 0 Å². The maximum Gasteiger partial charge on any atom is 0.0640 e. The van der Waals surface area contributed by atoms with Crippen LogP contribution in [-0.2, 0) is 6.42 Å². The highest BCUT2D eigenvalue weighted by atomic mass is 15.3. The molecule has 3 rings (SSSR count). The van der Waals surface area contributed by atoms with Crippen LogP contribution in [-0.4, -0.2) is 22.4 Å². The highest BCUT2D eigenvalue weighted by molar-refractivity contribution is 5.03. The Labute approximate surface area is 123 Å². The Morgan fingerprint density at radius 1 is 1.30 bits per heavy atom. The maximum atomic E-state index is 4.84. The van der Waals surface area contributed by atoms with Gasteiger partial charge in [-0.1, -0.05) is 32.6 Å². The predicted molar refractivity (Wildman–Crippen MR) is 82.9 cm³/mol. The summed E-state index contributed by atoms with van der Waals surface area (Å²) in [4.78, 5) is 0. The minimum atomic E-state index is 0.634. The van der Waals surface area contributed by atoms with Crippen LogP contribution in [0, 0.1) is 5.92 Å². The molecule has 1 aromatic rings. The van der Waals surface area contributed by atoms with Gasteiger partial charge in [-0.05, 0) is 44.2 Å². The molecule has 0 aromatic carbocycles. The molecule has 1 atom stereocenters. The molecule has 0 bridgehead atoms. The van der Waals surface area contributed by atoms with Gasteiger partial charge in [0.05, 0.1) is 11.7 Å². The van der Waals surface area contributed by atoms with Crippen molar-refractivity contribution in [2.24, 2.45) is 5.92 Å². The highest BCUT2D eigenvalue weighted by Gasteiger charge is 2.26. The smallest absolute Gasteiger partial charge is 0.0640 e. The molecule has 2 fully saturated rings. The second-order valence-electron chi connectivity index (χ2n) is 6.76. The minimum absolute atomic E-state index is 0.634. The zero-order valence-electron chi connectivity index (χ0n) is 12.9. The number of aromatic nitrogens is 2. The van der Waals surface area contributed by atoms with Gasteiger partial charge in [-0.15, -0.1) is 0 Å². The van der Waals surface area contributed by atoms with E-state index in [4.69, 9.17) is 5.10 Å². The van der Waals surface area contributed by atoms with Crippen molar-refractivity contribution in [1.29, 1.82) is 0 Å². The molecule has 3 heteroatoms. The number of hydrogen-bond acceptors (Lipinski definition) is 2. The van der Waals surface area contributed by atoms with Gasteiger partial charge in [-0.2, -0.15) is 5.10 Å². The molecule has 1 unspecified atom stereocenters. The second-order valence-corrected chi connectivity index (χ2v) is 6.76. The van der Waals surface area contributed by atoms with Crippen molar-refractivity contribution in [2.75, 3.05) is 6.54 Å². The molecule has 2 saturated carbocycles. The Bertz CT molecular complexity index is 402. The Morgan fingerprint density at radius 2 is 2.10 bits per heavy atom. The molecule has 3 nitrogen and oxygen atoms in total. The predicted octanol–water partition coefficient (Wildman–Crippen LogP) is 3.71. The molecular weight excluding hydrogens is 246 g/mol. The summed E-state index contributed by atoms with van der Waals surface area (Å²) in [5, 5.41) is 8.56. The monoisotopic (exact) mass is 275 g/mol. The van der Waals surface area contributed by atoms with Gasteiger partial charge >= 0.3 is 0 Å². The van der Waals surface area contributed by atoms with Crippen LogP contribution >= 0.6 is 0 Å². The molecule has 0 spiro atoms. The van der Waals surface area contributed by atoms with Crippen molar-refractivity contribution >= 4 is 0 Å². The first kappa shape index (κ1) is 14.1. The van der Waals surface area contributed by atoms with Crippen LogP contribution < -0.4 is 5.32 Å². The first-order valence-corrected chi connectivity index (χ1v) is 8.62. The molecular formula is C17H29N3. The molecule has 112 valence electrons.